The summed E-state index contributed by atoms with van der Waals surface area (Å²) in [4.78, 5) is 65.0. The van der Waals surface area contributed by atoms with E-state index in [1.807, 2.05) is 0 Å². The standard InChI is InChI=1S/C24H21N3O9S/c1-24(32)11-37-22-17(25-19(28)14-4-3-5-15(27(33)34)16(14)20(25)29)21(30)26(22)18(24)23(31)36-10-12-6-8-13(35-2)9-7-12/h3-9,17-18,22,32H,10-11H2,1-2H3/t17?,18?,22-,24-/m1/s1. The lowest BCUT2D eigenvalue weighted by Crippen LogP contribution is -2.79. The Morgan fingerprint density at radius 2 is 1.89 bits per heavy atom. The van der Waals surface area contributed by atoms with Crippen LogP contribution in [0.1, 0.15) is 33.2 Å². The molecule has 2 aromatic carbocycles. The third kappa shape index (κ3) is 3.81. The Morgan fingerprint density at radius 3 is 2.54 bits per heavy atom. The number of fused-ring (bicyclic) bond motifs is 2. The first-order valence-electron chi connectivity index (χ1n) is 11.2. The van der Waals surface area contributed by atoms with Gasteiger partial charge in [0, 0.05) is 11.8 Å². The normalized spacial score (nSPS) is 26.4. The molecule has 0 spiro atoms. The summed E-state index contributed by atoms with van der Waals surface area (Å²) in [5, 5.41) is 21.5. The highest BCUT2D eigenvalue weighted by molar-refractivity contribution is 8.00. The number of hydrogen-bond acceptors (Lipinski definition) is 10. The highest BCUT2D eigenvalue weighted by Crippen LogP contribution is 2.46. The minimum atomic E-state index is -1.64. The summed E-state index contributed by atoms with van der Waals surface area (Å²) >= 11 is 1.11. The maximum Gasteiger partial charge on any atom is 0.332 e. The average Bonchev–Trinajstić information content (AvgIpc) is 3.12. The van der Waals surface area contributed by atoms with Crippen LogP contribution in [0.25, 0.3) is 0 Å². The predicted octanol–water partition coefficient (Wildman–Crippen LogP) is 1.35. The molecule has 0 bridgehead atoms. The van der Waals surface area contributed by atoms with E-state index in [2.05, 4.69) is 0 Å². The maximum atomic E-state index is 13.3. The molecular weight excluding hydrogens is 506 g/mol. The van der Waals surface area contributed by atoms with E-state index in [1.54, 1.807) is 24.3 Å². The van der Waals surface area contributed by atoms with Gasteiger partial charge in [-0.25, -0.2) is 4.79 Å². The van der Waals surface area contributed by atoms with Crippen molar-refractivity contribution in [1.29, 1.82) is 0 Å². The maximum absolute atomic E-state index is 13.3. The SMILES string of the molecule is COc1ccc(COC(=O)C2N3C(=O)C(N4C(=O)c5cccc([N+](=O)[O-])c5C4=O)[C@H]3SC[C@@]2(C)O)cc1. The highest BCUT2D eigenvalue weighted by Gasteiger charge is 2.65. The van der Waals surface area contributed by atoms with E-state index in [0.717, 1.165) is 22.7 Å². The summed E-state index contributed by atoms with van der Waals surface area (Å²) in [7, 11) is 1.52. The first kappa shape index (κ1) is 24.7. The topological polar surface area (TPSA) is 157 Å². The smallest absolute Gasteiger partial charge is 0.332 e. The Kier molecular flexibility index (Phi) is 5.91. The molecule has 37 heavy (non-hydrogen) atoms. The van der Waals surface area contributed by atoms with Gasteiger partial charge in [-0.15, -0.1) is 11.8 Å². The summed E-state index contributed by atoms with van der Waals surface area (Å²) in [5.74, 6) is -2.69. The predicted molar refractivity (Wildman–Crippen MR) is 128 cm³/mol. The van der Waals surface area contributed by atoms with E-state index in [-0.39, 0.29) is 23.5 Å². The summed E-state index contributed by atoms with van der Waals surface area (Å²) in [6.07, 6.45) is 0. The van der Waals surface area contributed by atoms with Gasteiger partial charge in [-0.3, -0.25) is 29.4 Å². The molecule has 2 unspecified atom stereocenters. The summed E-state index contributed by atoms with van der Waals surface area (Å²) in [5.41, 5.74) is -2.03. The number of amides is 3. The Bertz CT molecular complexity index is 1340. The van der Waals surface area contributed by atoms with Crippen molar-refractivity contribution in [3.05, 3.63) is 69.3 Å². The number of carbonyl (C=O) groups excluding carboxylic acids is 4. The van der Waals surface area contributed by atoms with Gasteiger partial charge in [-0.2, -0.15) is 0 Å². The van der Waals surface area contributed by atoms with Crippen molar-refractivity contribution < 1.29 is 38.7 Å². The van der Waals surface area contributed by atoms with E-state index in [9.17, 15) is 34.4 Å². The zero-order valence-corrected chi connectivity index (χ0v) is 20.5. The van der Waals surface area contributed by atoms with Gasteiger partial charge >= 0.3 is 5.97 Å². The molecule has 0 saturated carbocycles. The van der Waals surface area contributed by atoms with Gasteiger partial charge in [-0.05, 0) is 30.7 Å². The molecular formula is C24H21N3O9S. The fraction of sp³-hybridized carbons (Fsp3) is 0.333. The van der Waals surface area contributed by atoms with E-state index >= 15 is 0 Å². The van der Waals surface area contributed by atoms with Crippen LogP contribution in [0.2, 0.25) is 0 Å². The first-order valence-corrected chi connectivity index (χ1v) is 12.2. The van der Waals surface area contributed by atoms with Crippen LogP contribution in [-0.2, 0) is 20.9 Å². The van der Waals surface area contributed by atoms with E-state index in [0.29, 0.717) is 16.2 Å². The number of thioether (sulfide) groups is 1. The van der Waals surface area contributed by atoms with Crippen LogP contribution in [0.3, 0.4) is 0 Å². The van der Waals surface area contributed by atoms with E-state index in [1.165, 1.54) is 26.2 Å². The second-order valence-electron chi connectivity index (χ2n) is 9.04. The van der Waals surface area contributed by atoms with Gasteiger partial charge in [0.05, 0.1) is 17.6 Å². The number of nitro benzene ring substituents is 1. The summed E-state index contributed by atoms with van der Waals surface area (Å²) in [6, 6.07) is 7.86. The molecule has 192 valence electrons. The number of nitrogens with zero attached hydrogens (tertiary/aromatic N) is 3. The number of imide groups is 1. The average molecular weight is 528 g/mol. The highest BCUT2D eigenvalue weighted by atomic mass is 32.2. The van der Waals surface area contributed by atoms with Gasteiger partial charge < -0.3 is 19.5 Å². The number of rotatable bonds is 6. The molecule has 3 aliphatic heterocycles. The van der Waals surface area contributed by atoms with E-state index in [4.69, 9.17) is 9.47 Å². The third-order valence-electron chi connectivity index (χ3n) is 6.63. The van der Waals surface area contributed by atoms with Crippen LogP contribution >= 0.6 is 11.8 Å². The number of carbonyl (C=O) groups is 4. The van der Waals surface area contributed by atoms with Crippen molar-refractivity contribution in [1.82, 2.24) is 9.80 Å². The molecule has 2 aromatic rings. The second kappa shape index (κ2) is 8.85. The van der Waals surface area contributed by atoms with Gasteiger partial charge in [0.2, 0.25) is 0 Å². The third-order valence-corrected chi connectivity index (χ3v) is 8.21. The van der Waals surface area contributed by atoms with Crippen LogP contribution < -0.4 is 4.74 Å². The molecule has 3 heterocycles. The van der Waals surface area contributed by atoms with Gasteiger partial charge in [0.1, 0.15) is 34.9 Å². The van der Waals surface area contributed by atoms with Gasteiger partial charge in [0.25, 0.3) is 23.4 Å². The molecule has 0 aromatic heterocycles. The zero-order chi connectivity index (χ0) is 26.6. The Labute approximate surface area is 214 Å². The van der Waals surface area contributed by atoms with E-state index < -0.39 is 57.4 Å². The number of β-lactam (4-membered cyclic amide) rings is 1. The minimum Gasteiger partial charge on any atom is -0.497 e. The largest absolute Gasteiger partial charge is 0.497 e. The number of methoxy groups -OCH3 is 1. The molecule has 2 saturated heterocycles. The number of hydrogen-bond donors (Lipinski definition) is 1. The molecule has 13 heteroatoms. The van der Waals surface area contributed by atoms with Crippen LogP contribution in [0.4, 0.5) is 5.69 Å². The van der Waals surface area contributed by atoms with Gasteiger partial charge in [-0.1, -0.05) is 18.2 Å². The number of esters is 1. The van der Waals surface area contributed by atoms with Crippen LogP contribution in [0.5, 0.6) is 5.75 Å². The zero-order valence-electron chi connectivity index (χ0n) is 19.7. The summed E-state index contributed by atoms with van der Waals surface area (Å²) < 4.78 is 10.5. The van der Waals surface area contributed by atoms with Crippen LogP contribution in [0, 0.1) is 10.1 Å². The minimum absolute atomic E-state index is 0.0174. The Balaban J connectivity index is 1.37. The number of aliphatic hydroxyl groups is 1. The van der Waals surface area contributed by atoms with Crippen molar-refractivity contribution in [2.45, 2.75) is 36.6 Å². The fourth-order valence-electron chi connectivity index (χ4n) is 4.80. The molecule has 0 aliphatic carbocycles. The van der Waals surface area contributed by atoms with Crippen LogP contribution in [0.15, 0.2) is 42.5 Å². The van der Waals surface area contributed by atoms with Crippen molar-refractivity contribution in [3.8, 4) is 5.75 Å². The number of benzene rings is 2. The van der Waals surface area contributed by atoms with Crippen molar-refractivity contribution in [2.24, 2.45) is 0 Å². The molecule has 3 aliphatic rings. The van der Waals surface area contributed by atoms with Gasteiger partial charge in [0.15, 0.2) is 6.04 Å². The summed E-state index contributed by atoms with van der Waals surface area (Å²) in [6.45, 7) is 1.29. The fourth-order valence-corrected chi connectivity index (χ4v) is 6.27. The van der Waals surface area contributed by atoms with Crippen molar-refractivity contribution in [2.75, 3.05) is 12.9 Å². The molecule has 1 N–H and O–H groups in total. The monoisotopic (exact) mass is 527 g/mol. The Hall–Kier alpha value is -3.97. The molecule has 5 rings (SSSR count). The van der Waals surface area contributed by atoms with Crippen molar-refractivity contribution in [3.63, 3.8) is 0 Å². The first-order chi connectivity index (χ1) is 17.6. The molecule has 0 radical (unpaired) electrons. The lowest BCUT2D eigenvalue weighted by Gasteiger charge is -2.57. The molecule has 3 amide bonds. The quantitative estimate of drug-likeness (QED) is 0.191. The van der Waals surface area contributed by atoms with Crippen molar-refractivity contribution >= 4 is 41.1 Å². The Morgan fingerprint density at radius 1 is 1.19 bits per heavy atom. The molecule has 2 fully saturated rings. The van der Waals surface area contributed by atoms with Crippen LogP contribution in [-0.4, -0.2) is 79.4 Å². The number of ether oxygens (including phenoxy) is 2. The molecule has 4 atom stereocenters. The number of nitro groups is 1. The second-order valence-corrected chi connectivity index (χ2v) is 10.1. The molecule has 12 nitrogen and oxygen atoms in total. The lowest BCUT2D eigenvalue weighted by molar-refractivity contribution is -0.385. The lowest BCUT2D eigenvalue weighted by atomic mass is 9.90.